The highest BCUT2D eigenvalue weighted by molar-refractivity contribution is 7.93. The minimum Gasteiger partial charge on any atom is -0.493 e. The van der Waals surface area contributed by atoms with E-state index < -0.39 is 0 Å². The second-order valence-corrected chi connectivity index (χ2v) is 3.06. The van der Waals surface area contributed by atoms with Crippen LogP contribution in [0.2, 0.25) is 0 Å². The number of rotatable bonds is 1. The van der Waals surface area contributed by atoms with Crippen LogP contribution in [0.15, 0.2) is 18.2 Å². The third-order valence-corrected chi connectivity index (χ3v) is 2.24. The normalized spacial score (nSPS) is 14.8. The number of methoxy groups -OCH3 is 1. The highest BCUT2D eigenvalue weighted by Crippen LogP contribution is 2.35. The van der Waals surface area contributed by atoms with E-state index in [9.17, 15) is 0 Å². The lowest BCUT2D eigenvalue weighted by atomic mass is 10.2. The van der Waals surface area contributed by atoms with Crippen molar-refractivity contribution in [2.75, 3.05) is 7.11 Å². The van der Waals surface area contributed by atoms with Crippen LogP contribution in [-0.4, -0.2) is 7.11 Å². The summed E-state index contributed by atoms with van der Waals surface area (Å²) in [5.74, 6) is 1.63. The molecule has 1 aliphatic heterocycles. The van der Waals surface area contributed by atoms with Gasteiger partial charge in [-0.2, -0.15) is 0 Å². The van der Waals surface area contributed by atoms with Crippen molar-refractivity contribution in [1.82, 2.24) is 4.72 Å². The average Bonchev–Trinajstić information content (AvgIpc) is 2.17. The van der Waals surface area contributed by atoms with E-state index in [1.807, 2.05) is 18.2 Å². The van der Waals surface area contributed by atoms with E-state index >= 15 is 0 Å². The highest BCUT2D eigenvalue weighted by atomic mass is 32.2. The van der Waals surface area contributed by atoms with Crippen molar-refractivity contribution in [2.45, 2.75) is 6.54 Å². The Labute approximate surface area is 75.4 Å². The van der Waals surface area contributed by atoms with Crippen LogP contribution in [0.5, 0.6) is 11.5 Å². The molecule has 0 spiro atoms. The van der Waals surface area contributed by atoms with E-state index in [0.717, 1.165) is 23.6 Å². The summed E-state index contributed by atoms with van der Waals surface area (Å²) >= 11 is 1.24. The van der Waals surface area contributed by atoms with Gasteiger partial charge in [-0.15, -0.1) is 0 Å². The second-order valence-electron chi connectivity index (χ2n) is 2.44. The summed E-state index contributed by atoms with van der Waals surface area (Å²) in [5, 5.41) is 0. The Morgan fingerprint density at radius 3 is 3.33 bits per heavy atom. The summed E-state index contributed by atoms with van der Waals surface area (Å²) in [6, 6.07) is 5.87. The van der Waals surface area contributed by atoms with Gasteiger partial charge < -0.3 is 8.92 Å². The van der Waals surface area contributed by atoms with Gasteiger partial charge in [0.15, 0.2) is 11.5 Å². The van der Waals surface area contributed by atoms with Gasteiger partial charge in [-0.1, -0.05) is 12.1 Å². The zero-order chi connectivity index (χ0) is 8.39. The van der Waals surface area contributed by atoms with E-state index in [1.54, 1.807) is 7.11 Å². The molecule has 0 saturated carbocycles. The first-order valence-corrected chi connectivity index (χ1v) is 4.38. The molecule has 1 N–H and O–H groups in total. The molecule has 3 nitrogen and oxygen atoms in total. The Morgan fingerprint density at radius 1 is 1.58 bits per heavy atom. The number of nitrogens with one attached hydrogen (secondary N) is 1. The fraction of sp³-hybridized carbons (Fsp3) is 0.250. The van der Waals surface area contributed by atoms with Gasteiger partial charge in [-0.25, -0.2) is 4.72 Å². The van der Waals surface area contributed by atoms with Crippen LogP contribution in [0, 0.1) is 0 Å². The van der Waals surface area contributed by atoms with Crippen molar-refractivity contribution in [3.8, 4) is 11.5 Å². The Bertz CT molecular complexity index is 276. The highest BCUT2D eigenvalue weighted by Gasteiger charge is 2.14. The van der Waals surface area contributed by atoms with Gasteiger partial charge >= 0.3 is 0 Å². The molecule has 0 saturated heterocycles. The lowest BCUT2D eigenvalue weighted by Gasteiger charge is -2.17. The maximum atomic E-state index is 5.33. The van der Waals surface area contributed by atoms with E-state index in [2.05, 4.69) is 4.72 Å². The second kappa shape index (κ2) is 3.25. The Morgan fingerprint density at radius 2 is 2.50 bits per heavy atom. The van der Waals surface area contributed by atoms with E-state index in [0.29, 0.717) is 0 Å². The van der Waals surface area contributed by atoms with Gasteiger partial charge in [0.25, 0.3) is 0 Å². The molecule has 1 aromatic carbocycles. The van der Waals surface area contributed by atoms with Crippen molar-refractivity contribution in [2.24, 2.45) is 0 Å². The molecule has 0 amide bonds. The predicted octanol–water partition coefficient (Wildman–Crippen LogP) is 1.74. The predicted molar refractivity (Wildman–Crippen MR) is 48.1 cm³/mol. The Balaban J connectivity index is 2.44. The first kappa shape index (κ1) is 7.76. The minimum absolute atomic E-state index is 0.793. The third kappa shape index (κ3) is 1.23. The van der Waals surface area contributed by atoms with E-state index in [4.69, 9.17) is 8.92 Å². The molecule has 1 heterocycles. The number of benzene rings is 1. The number of para-hydroxylation sites is 1. The molecule has 1 aromatic rings. The van der Waals surface area contributed by atoms with Crippen molar-refractivity contribution >= 4 is 12.2 Å². The van der Waals surface area contributed by atoms with Crippen LogP contribution >= 0.6 is 12.2 Å². The summed E-state index contributed by atoms with van der Waals surface area (Å²) in [7, 11) is 1.64. The smallest absolute Gasteiger partial charge is 0.185 e. The molecule has 0 bridgehead atoms. The van der Waals surface area contributed by atoms with Crippen LogP contribution in [0.3, 0.4) is 0 Å². The molecule has 12 heavy (non-hydrogen) atoms. The standard InChI is InChI=1S/C8H9NO2S/c1-10-7-4-2-3-6-5-9-12-11-8(6)7/h2-4,9H,5H2,1H3. The maximum absolute atomic E-state index is 5.33. The molecule has 0 fully saturated rings. The third-order valence-electron chi connectivity index (χ3n) is 1.73. The molecule has 0 atom stereocenters. The number of hydrogen-bond acceptors (Lipinski definition) is 4. The van der Waals surface area contributed by atoms with Crippen LogP contribution in [0.4, 0.5) is 0 Å². The zero-order valence-corrected chi connectivity index (χ0v) is 7.48. The molecule has 0 unspecified atom stereocenters. The van der Waals surface area contributed by atoms with Gasteiger partial charge in [0.05, 0.1) is 7.11 Å². The maximum Gasteiger partial charge on any atom is 0.185 e. The lowest BCUT2D eigenvalue weighted by Crippen LogP contribution is -2.12. The zero-order valence-electron chi connectivity index (χ0n) is 6.66. The van der Waals surface area contributed by atoms with E-state index in [-0.39, 0.29) is 0 Å². The van der Waals surface area contributed by atoms with Gasteiger partial charge in [0, 0.05) is 12.1 Å². The van der Waals surface area contributed by atoms with Crippen molar-refractivity contribution in [1.29, 1.82) is 0 Å². The molecular weight excluding hydrogens is 174 g/mol. The number of hydrogen-bond donors (Lipinski definition) is 1. The molecule has 4 heteroatoms. The molecule has 0 aliphatic carbocycles. The SMILES string of the molecule is COc1cccc2c1OSNC2. The molecule has 0 radical (unpaired) electrons. The van der Waals surface area contributed by atoms with Crippen LogP contribution in [-0.2, 0) is 6.54 Å². The number of ether oxygens (including phenoxy) is 1. The van der Waals surface area contributed by atoms with Crippen LogP contribution < -0.4 is 13.6 Å². The van der Waals surface area contributed by atoms with Gasteiger partial charge in [0.1, 0.15) is 12.2 Å². The van der Waals surface area contributed by atoms with Gasteiger partial charge in [0.2, 0.25) is 0 Å². The summed E-state index contributed by atoms with van der Waals surface area (Å²) < 4.78 is 13.5. The molecule has 2 rings (SSSR count). The monoisotopic (exact) mass is 183 g/mol. The molecule has 64 valence electrons. The molecule has 0 aromatic heterocycles. The summed E-state index contributed by atoms with van der Waals surface area (Å²) in [6.45, 7) is 0.817. The van der Waals surface area contributed by atoms with E-state index in [1.165, 1.54) is 12.2 Å². The van der Waals surface area contributed by atoms with Crippen molar-refractivity contribution in [3.63, 3.8) is 0 Å². The quantitative estimate of drug-likeness (QED) is 0.530. The minimum atomic E-state index is 0.793. The first-order chi connectivity index (χ1) is 5.92. The average molecular weight is 183 g/mol. The summed E-state index contributed by atoms with van der Waals surface area (Å²) in [6.07, 6.45) is 0. The Hall–Kier alpha value is -0.870. The first-order valence-electron chi connectivity index (χ1n) is 3.64. The number of fused-ring (bicyclic) bond motifs is 1. The molecule has 1 aliphatic rings. The van der Waals surface area contributed by atoms with Crippen LogP contribution in [0.25, 0.3) is 0 Å². The summed E-state index contributed by atoms with van der Waals surface area (Å²) in [5.41, 5.74) is 1.13. The lowest BCUT2D eigenvalue weighted by molar-refractivity contribution is 0.396. The Kier molecular flexibility index (Phi) is 2.10. The summed E-state index contributed by atoms with van der Waals surface area (Å²) in [4.78, 5) is 0. The van der Waals surface area contributed by atoms with Crippen molar-refractivity contribution in [3.05, 3.63) is 23.8 Å². The van der Waals surface area contributed by atoms with Gasteiger partial charge in [-0.3, -0.25) is 0 Å². The fourth-order valence-electron chi connectivity index (χ4n) is 1.13. The van der Waals surface area contributed by atoms with Crippen molar-refractivity contribution < 1.29 is 8.92 Å². The topological polar surface area (TPSA) is 30.5 Å². The van der Waals surface area contributed by atoms with Gasteiger partial charge in [-0.05, 0) is 6.07 Å². The van der Waals surface area contributed by atoms with Crippen LogP contribution in [0.1, 0.15) is 5.56 Å². The fourth-order valence-corrected chi connectivity index (χ4v) is 1.68. The molecular formula is C8H9NO2S. The largest absolute Gasteiger partial charge is 0.493 e.